The summed E-state index contributed by atoms with van der Waals surface area (Å²) in [5.74, 6) is -0.411. The topological polar surface area (TPSA) is 85.0 Å². The molecule has 1 atom stereocenters. The Bertz CT molecular complexity index is 348. The lowest BCUT2D eigenvalue weighted by Crippen LogP contribution is -2.25. The molecule has 0 aromatic carbocycles. The smallest absolute Gasteiger partial charge is 0.303 e. The van der Waals surface area contributed by atoms with Crippen LogP contribution in [0, 0.1) is 5.21 Å². The van der Waals surface area contributed by atoms with Crippen LogP contribution in [0.25, 0.3) is 0 Å². The summed E-state index contributed by atoms with van der Waals surface area (Å²) in [7, 11) is 0. The summed E-state index contributed by atoms with van der Waals surface area (Å²) in [6, 6.07) is 0. The third-order valence-electron chi connectivity index (χ3n) is 4.42. The monoisotopic (exact) mass is 358 g/mol. The van der Waals surface area contributed by atoms with E-state index in [1.807, 2.05) is 0 Å². The van der Waals surface area contributed by atoms with E-state index in [2.05, 4.69) is 12.2 Å². The fraction of sp³-hybridized carbons (Fsp3) is 0.947. The van der Waals surface area contributed by atoms with Gasteiger partial charge in [-0.1, -0.05) is 88.8 Å². The zero-order valence-corrected chi connectivity index (χ0v) is 16.3. The zero-order chi connectivity index (χ0) is 18.8. The van der Waals surface area contributed by atoms with Gasteiger partial charge in [0.2, 0.25) is 6.54 Å². The average molecular weight is 359 g/mol. The molecule has 0 saturated carbocycles. The van der Waals surface area contributed by atoms with E-state index in [9.17, 15) is 10.0 Å². The van der Waals surface area contributed by atoms with Crippen molar-refractivity contribution < 1.29 is 19.6 Å². The summed E-state index contributed by atoms with van der Waals surface area (Å²) in [6.07, 6.45) is 16.7. The second-order valence-corrected chi connectivity index (χ2v) is 6.89. The number of carbonyl (C=O) groups excluding carboxylic acids is 1. The minimum absolute atomic E-state index is 0.117. The Kier molecular flexibility index (Phi) is 16.6. The number of nitrogens with zero attached hydrogens (tertiary/aromatic N) is 2. The number of hydroxylamine groups is 1. The molecule has 0 radical (unpaired) electrons. The van der Waals surface area contributed by atoms with Crippen LogP contribution in [0.4, 0.5) is 0 Å². The maximum atomic E-state index is 11.0. The highest BCUT2D eigenvalue weighted by atomic mass is 16.6. The SMILES string of the molecule is CCCCCCCCCCCCCCCC(C/[N+]([O-])=N/O)OC(C)=O. The van der Waals surface area contributed by atoms with Gasteiger partial charge in [-0.3, -0.25) is 4.79 Å². The van der Waals surface area contributed by atoms with Gasteiger partial charge in [0, 0.05) is 6.92 Å². The van der Waals surface area contributed by atoms with Gasteiger partial charge in [-0.15, -0.1) is 0 Å². The van der Waals surface area contributed by atoms with Crippen molar-refractivity contribution in [3.05, 3.63) is 5.21 Å². The predicted octanol–water partition coefficient (Wildman–Crippen LogP) is 5.75. The van der Waals surface area contributed by atoms with E-state index in [0.717, 1.165) is 12.8 Å². The Morgan fingerprint density at radius 2 is 1.40 bits per heavy atom. The average Bonchev–Trinajstić information content (AvgIpc) is 2.58. The molecule has 25 heavy (non-hydrogen) atoms. The largest absolute Gasteiger partial charge is 0.597 e. The Morgan fingerprint density at radius 3 is 1.80 bits per heavy atom. The Morgan fingerprint density at radius 1 is 0.960 bits per heavy atom. The van der Waals surface area contributed by atoms with Crippen molar-refractivity contribution in [1.82, 2.24) is 0 Å². The van der Waals surface area contributed by atoms with Crippen LogP contribution >= 0.6 is 0 Å². The number of unbranched alkanes of at least 4 members (excludes halogenated alkanes) is 12. The highest BCUT2D eigenvalue weighted by molar-refractivity contribution is 5.66. The summed E-state index contributed by atoms with van der Waals surface area (Å²) in [5.41, 5.74) is 0. The number of carbonyl (C=O) groups is 1. The van der Waals surface area contributed by atoms with Crippen LogP contribution in [0.5, 0.6) is 0 Å². The first-order valence-electron chi connectivity index (χ1n) is 10.1. The van der Waals surface area contributed by atoms with E-state index in [-0.39, 0.29) is 11.4 Å². The Balaban J connectivity index is 3.49. The third kappa shape index (κ3) is 17.3. The highest BCUT2D eigenvalue weighted by Crippen LogP contribution is 2.14. The van der Waals surface area contributed by atoms with E-state index < -0.39 is 12.1 Å². The van der Waals surface area contributed by atoms with Gasteiger partial charge in [-0.25, -0.2) is 0 Å². The standard InChI is InChI=1S/C19H38N2O4/c1-3-4-5-6-7-8-9-10-11-12-13-14-15-16-19(25-18(2)22)17-21(24)20-23/h19,23H,3-17H2,1-2H3/b21-20-. The van der Waals surface area contributed by atoms with Crippen LogP contribution < -0.4 is 0 Å². The molecule has 0 saturated heterocycles. The van der Waals surface area contributed by atoms with Crippen molar-refractivity contribution in [3.8, 4) is 0 Å². The summed E-state index contributed by atoms with van der Waals surface area (Å²) < 4.78 is 5.08. The molecule has 0 heterocycles. The molecule has 6 nitrogen and oxygen atoms in total. The zero-order valence-electron chi connectivity index (χ0n) is 16.3. The number of hydrogen-bond donors (Lipinski definition) is 1. The van der Waals surface area contributed by atoms with E-state index in [4.69, 9.17) is 9.94 Å². The molecule has 0 bridgehead atoms. The van der Waals surface area contributed by atoms with Crippen LogP contribution in [0.2, 0.25) is 0 Å². The van der Waals surface area contributed by atoms with Gasteiger partial charge in [0.1, 0.15) is 0 Å². The van der Waals surface area contributed by atoms with E-state index in [1.165, 1.54) is 77.6 Å². The second kappa shape index (κ2) is 17.5. The van der Waals surface area contributed by atoms with Crippen molar-refractivity contribution in [2.24, 2.45) is 5.28 Å². The highest BCUT2D eigenvalue weighted by Gasteiger charge is 2.17. The molecule has 1 unspecified atom stereocenters. The maximum absolute atomic E-state index is 11.0. The van der Waals surface area contributed by atoms with Crippen LogP contribution in [-0.2, 0) is 9.53 Å². The molecule has 0 aromatic heterocycles. The second-order valence-electron chi connectivity index (χ2n) is 6.89. The lowest BCUT2D eigenvalue weighted by Gasteiger charge is -2.14. The molecule has 0 aromatic rings. The van der Waals surface area contributed by atoms with Crippen molar-refractivity contribution in [1.29, 1.82) is 0 Å². The van der Waals surface area contributed by atoms with Gasteiger partial charge in [0.25, 0.3) is 0 Å². The number of esters is 1. The minimum atomic E-state index is -0.501. The summed E-state index contributed by atoms with van der Waals surface area (Å²) in [5, 5.41) is 22.0. The summed E-state index contributed by atoms with van der Waals surface area (Å²) in [4.78, 5) is 11.2. The molecule has 1 N–H and O–H groups in total. The van der Waals surface area contributed by atoms with Gasteiger partial charge >= 0.3 is 5.97 Å². The van der Waals surface area contributed by atoms with Gasteiger partial charge in [-0.2, -0.15) is 0 Å². The van der Waals surface area contributed by atoms with E-state index >= 15 is 0 Å². The van der Waals surface area contributed by atoms with Crippen molar-refractivity contribution in [2.45, 2.75) is 110 Å². The predicted molar refractivity (Wildman–Crippen MR) is 98.6 cm³/mol. The quantitative estimate of drug-likeness (QED) is 0.118. The van der Waals surface area contributed by atoms with Crippen molar-refractivity contribution in [3.63, 3.8) is 0 Å². The molecule has 0 aliphatic heterocycles. The Labute approximate surface area is 153 Å². The fourth-order valence-electron chi connectivity index (χ4n) is 3.02. The van der Waals surface area contributed by atoms with Gasteiger partial charge < -0.3 is 15.2 Å². The molecule has 0 spiro atoms. The molecule has 0 amide bonds. The number of rotatable bonds is 17. The first-order chi connectivity index (χ1) is 12.1. The van der Waals surface area contributed by atoms with E-state index in [1.54, 1.807) is 0 Å². The maximum Gasteiger partial charge on any atom is 0.303 e. The minimum Gasteiger partial charge on any atom is -0.597 e. The molecular formula is C19H38N2O4. The molecule has 0 fully saturated rings. The van der Waals surface area contributed by atoms with Gasteiger partial charge in [-0.05, 0) is 12.8 Å². The summed E-state index contributed by atoms with van der Waals surface area (Å²) >= 11 is 0. The van der Waals surface area contributed by atoms with Gasteiger partial charge in [0.05, 0.1) is 0 Å². The van der Waals surface area contributed by atoms with Crippen LogP contribution in [-0.4, -0.2) is 28.7 Å². The van der Waals surface area contributed by atoms with Crippen LogP contribution in [0.1, 0.15) is 104 Å². The molecule has 0 aliphatic rings. The normalized spacial score (nSPS) is 13.0. The first-order valence-corrected chi connectivity index (χ1v) is 10.1. The van der Waals surface area contributed by atoms with E-state index in [0.29, 0.717) is 6.42 Å². The van der Waals surface area contributed by atoms with Crippen molar-refractivity contribution >= 4 is 5.97 Å². The third-order valence-corrected chi connectivity index (χ3v) is 4.42. The molecule has 0 rings (SSSR count). The molecule has 0 aliphatic carbocycles. The van der Waals surface area contributed by atoms with Crippen LogP contribution in [0.15, 0.2) is 5.28 Å². The van der Waals surface area contributed by atoms with Gasteiger partial charge in [0.15, 0.2) is 11.4 Å². The lowest BCUT2D eigenvalue weighted by molar-refractivity contribution is -0.563. The number of hydrogen-bond acceptors (Lipinski definition) is 4. The fourth-order valence-corrected chi connectivity index (χ4v) is 3.02. The molecule has 6 heteroatoms. The molecular weight excluding hydrogens is 320 g/mol. The summed E-state index contributed by atoms with van der Waals surface area (Å²) in [6.45, 7) is 3.45. The first kappa shape index (κ1) is 23.7. The van der Waals surface area contributed by atoms with Crippen LogP contribution in [0.3, 0.4) is 0 Å². The van der Waals surface area contributed by atoms with Crippen molar-refractivity contribution in [2.75, 3.05) is 6.54 Å². The lowest BCUT2D eigenvalue weighted by atomic mass is 10.0. The number of ether oxygens (including phenoxy) is 1. The molecule has 148 valence electrons. The Hall–Kier alpha value is -1.33.